The average Bonchev–Trinajstić information content (AvgIpc) is 3.20. The number of aromatic nitrogens is 2. The smallest absolute Gasteiger partial charge is 0.223 e. The summed E-state index contributed by atoms with van der Waals surface area (Å²) < 4.78 is 26.2. The molecule has 1 aliphatic heterocycles. The molecule has 0 bridgehead atoms. The van der Waals surface area contributed by atoms with Crippen LogP contribution in [0.25, 0.3) is 5.69 Å². The molecule has 2 N–H and O–H groups in total. The lowest BCUT2D eigenvalue weighted by atomic mass is 9.97. The molecule has 0 aliphatic carbocycles. The Labute approximate surface area is 158 Å². The highest BCUT2D eigenvalue weighted by molar-refractivity contribution is 7.88. The molecule has 146 valence electrons. The van der Waals surface area contributed by atoms with Crippen LogP contribution in [0.5, 0.6) is 0 Å². The van der Waals surface area contributed by atoms with Crippen LogP contribution in [0.4, 0.5) is 0 Å². The van der Waals surface area contributed by atoms with E-state index in [9.17, 15) is 18.3 Å². The van der Waals surface area contributed by atoms with Crippen molar-refractivity contribution in [1.82, 2.24) is 19.4 Å². The fraction of sp³-hybridized carbons (Fsp3) is 0.444. The number of benzene rings is 1. The SMILES string of the molecule is CS(=O)(=O)N1CCC(C(=O)NCC(O)c2ccc(-n3cccn3)cc2)CC1. The fourth-order valence-electron chi connectivity index (χ4n) is 3.18. The topological polar surface area (TPSA) is 105 Å². The Morgan fingerprint density at radius 2 is 1.96 bits per heavy atom. The van der Waals surface area contributed by atoms with E-state index in [-0.39, 0.29) is 18.4 Å². The number of sulfonamides is 1. The van der Waals surface area contributed by atoms with Gasteiger partial charge >= 0.3 is 0 Å². The average molecular weight is 392 g/mol. The molecule has 3 rings (SSSR count). The van der Waals surface area contributed by atoms with Crippen LogP contribution in [0.1, 0.15) is 24.5 Å². The zero-order valence-electron chi connectivity index (χ0n) is 15.2. The Morgan fingerprint density at radius 1 is 1.30 bits per heavy atom. The maximum Gasteiger partial charge on any atom is 0.223 e. The summed E-state index contributed by atoms with van der Waals surface area (Å²) in [7, 11) is -3.20. The van der Waals surface area contributed by atoms with Crippen LogP contribution in [-0.2, 0) is 14.8 Å². The number of hydrogen-bond acceptors (Lipinski definition) is 5. The van der Waals surface area contributed by atoms with Crippen LogP contribution in [0.15, 0.2) is 42.7 Å². The summed E-state index contributed by atoms with van der Waals surface area (Å²) in [5.41, 5.74) is 1.59. The van der Waals surface area contributed by atoms with E-state index in [0.29, 0.717) is 31.5 Å². The number of hydrogen-bond donors (Lipinski definition) is 2. The van der Waals surface area contributed by atoms with Gasteiger partial charge in [-0.3, -0.25) is 4.79 Å². The fourth-order valence-corrected chi connectivity index (χ4v) is 4.05. The number of nitrogens with zero attached hydrogens (tertiary/aromatic N) is 3. The third kappa shape index (κ3) is 4.94. The lowest BCUT2D eigenvalue weighted by Crippen LogP contribution is -2.43. The summed E-state index contributed by atoms with van der Waals surface area (Å²) in [6.07, 6.45) is 4.89. The maximum absolute atomic E-state index is 12.3. The number of carbonyl (C=O) groups excluding carboxylic acids is 1. The van der Waals surface area contributed by atoms with Crippen molar-refractivity contribution in [2.45, 2.75) is 18.9 Å². The van der Waals surface area contributed by atoms with Crippen LogP contribution >= 0.6 is 0 Å². The molecule has 1 atom stereocenters. The predicted molar refractivity (Wildman–Crippen MR) is 101 cm³/mol. The molecule has 0 radical (unpaired) electrons. The molecule has 0 spiro atoms. The molecule has 1 saturated heterocycles. The second-order valence-corrected chi connectivity index (χ2v) is 8.72. The number of amides is 1. The van der Waals surface area contributed by atoms with E-state index in [1.807, 2.05) is 24.4 Å². The largest absolute Gasteiger partial charge is 0.387 e. The van der Waals surface area contributed by atoms with Gasteiger partial charge in [0.05, 0.1) is 18.0 Å². The van der Waals surface area contributed by atoms with Gasteiger partial charge in [0.2, 0.25) is 15.9 Å². The molecular formula is C18H24N4O4S. The first-order chi connectivity index (χ1) is 12.8. The standard InChI is InChI=1S/C18H24N4O4S/c1-27(25,26)21-11-7-15(8-12-21)18(24)19-13-17(23)14-3-5-16(6-4-14)22-10-2-9-20-22/h2-6,9-10,15,17,23H,7-8,11-13H2,1H3,(H,19,24). The van der Waals surface area contributed by atoms with Gasteiger partial charge in [0, 0.05) is 37.9 Å². The number of rotatable bonds is 6. The summed E-state index contributed by atoms with van der Waals surface area (Å²) in [5, 5.41) is 17.2. The minimum absolute atomic E-state index is 0.117. The number of carbonyl (C=O) groups is 1. The first-order valence-electron chi connectivity index (χ1n) is 8.85. The molecule has 1 aromatic carbocycles. The number of nitrogens with one attached hydrogen (secondary N) is 1. The van der Waals surface area contributed by atoms with E-state index in [4.69, 9.17) is 0 Å². The Morgan fingerprint density at radius 3 is 2.52 bits per heavy atom. The van der Waals surface area contributed by atoms with Crippen molar-refractivity contribution in [2.24, 2.45) is 5.92 Å². The Hall–Kier alpha value is -2.23. The molecule has 1 unspecified atom stereocenters. The molecule has 1 aromatic heterocycles. The molecular weight excluding hydrogens is 368 g/mol. The van der Waals surface area contributed by atoms with Crippen LogP contribution in [0, 0.1) is 5.92 Å². The van der Waals surface area contributed by atoms with Crippen LogP contribution < -0.4 is 5.32 Å². The molecule has 2 aromatic rings. The van der Waals surface area contributed by atoms with Gasteiger partial charge in [-0.25, -0.2) is 17.4 Å². The molecule has 2 heterocycles. The highest BCUT2D eigenvalue weighted by Crippen LogP contribution is 2.20. The van der Waals surface area contributed by atoms with Gasteiger partial charge in [-0.1, -0.05) is 12.1 Å². The number of aliphatic hydroxyl groups is 1. The lowest BCUT2D eigenvalue weighted by Gasteiger charge is -2.29. The second-order valence-electron chi connectivity index (χ2n) is 6.74. The van der Waals surface area contributed by atoms with Gasteiger partial charge in [-0.2, -0.15) is 5.10 Å². The van der Waals surface area contributed by atoms with Gasteiger partial charge in [-0.05, 0) is 36.6 Å². The van der Waals surface area contributed by atoms with Gasteiger partial charge in [0.1, 0.15) is 0 Å². The quantitative estimate of drug-likeness (QED) is 0.753. The molecule has 1 aliphatic rings. The second kappa shape index (κ2) is 8.20. The maximum atomic E-state index is 12.3. The first-order valence-corrected chi connectivity index (χ1v) is 10.7. The van der Waals surface area contributed by atoms with Gasteiger partial charge in [-0.15, -0.1) is 0 Å². The highest BCUT2D eigenvalue weighted by Gasteiger charge is 2.29. The van der Waals surface area contributed by atoms with Crippen molar-refractivity contribution in [1.29, 1.82) is 0 Å². The van der Waals surface area contributed by atoms with E-state index in [0.717, 1.165) is 5.69 Å². The summed E-state index contributed by atoms with van der Waals surface area (Å²) in [4.78, 5) is 12.3. The molecule has 1 amide bonds. The molecule has 0 saturated carbocycles. The molecule has 8 nitrogen and oxygen atoms in total. The zero-order chi connectivity index (χ0) is 19.4. The summed E-state index contributed by atoms with van der Waals surface area (Å²) >= 11 is 0. The summed E-state index contributed by atoms with van der Waals surface area (Å²) in [6, 6.07) is 9.15. The zero-order valence-corrected chi connectivity index (χ0v) is 16.0. The lowest BCUT2D eigenvalue weighted by molar-refractivity contribution is -0.126. The van der Waals surface area contributed by atoms with Crippen molar-refractivity contribution in [3.05, 3.63) is 48.3 Å². The van der Waals surface area contributed by atoms with E-state index < -0.39 is 16.1 Å². The third-order valence-corrected chi connectivity index (χ3v) is 6.11. The van der Waals surface area contributed by atoms with Crippen molar-refractivity contribution in [2.75, 3.05) is 25.9 Å². The van der Waals surface area contributed by atoms with Crippen molar-refractivity contribution < 1.29 is 18.3 Å². The normalized spacial score (nSPS) is 17.6. The first kappa shape index (κ1) is 19.5. The highest BCUT2D eigenvalue weighted by atomic mass is 32.2. The molecule has 1 fully saturated rings. The van der Waals surface area contributed by atoms with Gasteiger partial charge in [0.15, 0.2) is 0 Å². The summed E-state index contributed by atoms with van der Waals surface area (Å²) in [6.45, 7) is 0.828. The monoisotopic (exact) mass is 392 g/mol. The Kier molecular flexibility index (Phi) is 5.93. The van der Waals surface area contributed by atoms with E-state index >= 15 is 0 Å². The molecule has 27 heavy (non-hydrogen) atoms. The minimum atomic E-state index is -3.20. The van der Waals surface area contributed by atoms with Gasteiger partial charge < -0.3 is 10.4 Å². The number of aliphatic hydroxyl groups excluding tert-OH is 1. The van der Waals surface area contributed by atoms with E-state index in [2.05, 4.69) is 10.4 Å². The molecule has 9 heteroatoms. The predicted octanol–water partition coefficient (Wildman–Crippen LogP) is 0.694. The van der Waals surface area contributed by atoms with Crippen molar-refractivity contribution >= 4 is 15.9 Å². The number of piperidine rings is 1. The third-order valence-electron chi connectivity index (χ3n) is 4.81. The Bertz CT molecular complexity index is 857. The van der Waals surface area contributed by atoms with Gasteiger partial charge in [0.25, 0.3) is 0 Å². The van der Waals surface area contributed by atoms with Crippen LogP contribution in [0.2, 0.25) is 0 Å². The Balaban J connectivity index is 1.49. The van der Waals surface area contributed by atoms with E-state index in [1.54, 1.807) is 23.0 Å². The minimum Gasteiger partial charge on any atom is -0.387 e. The van der Waals surface area contributed by atoms with Crippen molar-refractivity contribution in [3.8, 4) is 5.69 Å². The summed E-state index contributed by atoms with van der Waals surface area (Å²) in [5.74, 6) is -0.368. The van der Waals surface area contributed by atoms with Crippen LogP contribution in [-0.4, -0.2) is 59.4 Å². The van der Waals surface area contributed by atoms with E-state index in [1.165, 1.54) is 10.6 Å². The van der Waals surface area contributed by atoms with Crippen molar-refractivity contribution in [3.63, 3.8) is 0 Å². The van der Waals surface area contributed by atoms with Crippen LogP contribution in [0.3, 0.4) is 0 Å².